The molecule has 0 spiro atoms. The van der Waals surface area contributed by atoms with Crippen LogP contribution in [-0.4, -0.2) is 29.1 Å². The lowest BCUT2D eigenvalue weighted by atomic mass is 9.86. The lowest BCUT2D eigenvalue weighted by molar-refractivity contribution is -0.160. The molecule has 1 aliphatic heterocycles. The molecule has 0 saturated heterocycles. The number of amides is 1. The summed E-state index contributed by atoms with van der Waals surface area (Å²) in [7, 11) is 0. The number of hydrogen-bond donors (Lipinski definition) is 1. The van der Waals surface area contributed by atoms with Crippen molar-refractivity contribution < 1.29 is 23.8 Å². The summed E-state index contributed by atoms with van der Waals surface area (Å²) in [5.74, 6) is -1.64. The number of benzene rings is 3. The van der Waals surface area contributed by atoms with Crippen LogP contribution in [0.15, 0.2) is 48.5 Å². The van der Waals surface area contributed by atoms with Gasteiger partial charge in [0.25, 0.3) is 5.91 Å². The number of hydrogen-bond acceptors (Lipinski definition) is 3. The first-order valence-electron chi connectivity index (χ1n) is 12.1. The molecule has 1 unspecified atom stereocenters. The van der Waals surface area contributed by atoms with Crippen LogP contribution in [-0.2, 0) is 16.0 Å². The number of anilines is 1. The van der Waals surface area contributed by atoms with E-state index in [1.165, 1.54) is 18.2 Å². The molecule has 0 fully saturated rings. The van der Waals surface area contributed by atoms with Crippen molar-refractivity contribution >= 4 is 17.6 Å². The first-order valence-corrected chi connectivity index (χ1v) is 12.1. The Morgan fingerprint density at radius 2 is 1.67 bits per heavy atom. The summed E-state index contributed by atoms with van der Waals surface area (Å²) >= 11 is 0. The van der Waals surface area contributed by atoms with Gasteiger partial charge < -0.3 is 14.7 Å². The maximum absolute atomic E-state index is 13.7. The number of aryl methyl sites for hydroxylation is 3. The number of rotatable bonds is 5. The van der Waals surface area contributed by atoms with Gasteiger partial charge in [-0.05, 0) is 100 Å². The van der Waals surface area contributed by atoms with E-state index in [0.717, 1.165) is 33.5 Å². The lowest BCUT2D eigenvalue weighted by Gasteiger charge is -2.29. The number of aliphatic carboxylic acids is 1. The highest BCUT2D eigenvalue weighted by atomic mass is 19.1. The predicted molar refractivity (Wildman–Crippen MR) is 139 cm³/mol. The van der Waals surface area contributed by atoms with Crippen LogP contribution < -0.4 is 4.90 Å². The van der Waals surface area contributed by atoms with Crippen molar-refractivity contribution in [1.82, 2.24) is 0 Å². The van der Waals surface area contributed by atoms with Crippen molar-refractivity contribution in [3.8, 4) is 11.1 Å². The predicted octanol–water partition coefficient (Wildman–Crippen LogP) is 6.56. The van der Waals surface area contributed by atoms with Gasteiger partial charge in [0.05, 0.1) is 5.60 Å². The first-order chi connectivity index (χ1) is 16.9. The summed E-state index contributed by atoms with van der Waals surface area (Å²) < 4.78 is 19.7. The van der Waals surface area contributed by atoms with Gasteiger partial charge in [-0.3, -0.25) is 4.79 Å². The van der Waals surface area contributed by atoms with Crippen LogP contribution in [0.1, 0.15) is 65.1 Å². The van der Waals surface area contributed by atoms with Crippen molar-refractivity contribution in [2.24, 2.45) is 0 Å². The minimum absolute atomic E-state index is 0.200. The van der Waals surface area contributed by atoms with Gasteiger partial charge in [-0.15, -0.1) is 0 Å². The molecule has 6 heteroatoms. The Hall–Kier alpha value is -3.51. The van der Waals surface area contributed by atoms with Crippen molar-refractivity contribution in [1.29, 1.82) is 0 Å². The Morgan fingerprint density at radius 1 is 1.00 bits per heavy atom. The van der Waals surface area contributed by atoms with Gasteiger partial charge in [-0.25, -0.2) is 9.18 Å². The number of nitrogens with zero attached hydrogens (tertiary/aromatic N) is 1. The van der Waals surface area contributed by atoms with Crippen LogP contribution >= 0.6 is 0 Å². The molecule has 0 radical (unpaired) electrons. The molecule has 0 bridgehead atoms. The van der Waals surface area contributed by atoms with Crippen molar-refractivity contribution in [3.63, 3.8) is 0 Å². The molecule has 5 nitrogen and oxygen atoms in total. The second-order valence-corrected chi connectivity index (χ2v) is 10.5. The largest absolute Gasteiger partial charge is 0.479 e. The number of carbonyl (C=O) groups is 2. The van der Waals surface area contributed by atoms with E-state index in [-0.39, 0.29) is 11.7 Å². The van der Waals surface area contributed by atoms with Crippen molar-refractivity contribution in [2.75, 3.05) is 11.4 Å². The fourth-order valence-electron chi connectivity index (χ4n) is 4.89. The number of fused-ring (bicyclic) bond motifs is 1. The van der Waals surface area contributed by atoms with Crippen LogP contribution in [0.2, 0.25) is 0 Å². The number of halogens is 1. The van der Waals surface area contributed by atoms with E-state index in [0.29, 0.717) is 29.7 Å². The van der Waals surface area contributed by atoms with Crippen LogP contribution in [0, 0.1) is 26.6 Å². The highest BCUT2D eigenvalue weighted by Crippen LogP contribution is 2.45. The Morgan fingerprint density at radius 3 is 2.25 bits per heavy atom. The SMILES string of the molecule is Cc1ccc(-c2c3c(cc(C)c2C(OC(C)(C)C)C(=O)O)N(C(=O)c2ccc(F)cc2C)CC3)cc1. The molecular weight excluding hydrogens is 457 g/mol. The highest BCUT2D eigenvalue weighted by Gasteiger charge is 2.36. The third-order valence-electron chi connectivity index (χ3n) is 6.50. The number of carboxylic acid groups (broad SMARTS) is 1. The Bertz CT molecular complexity index is 1340. The molecule has 1 atom stereocenters. The maximum atomic E-state index is 13.7. The van der Waals surface area contributed by atoms with E-state index < -0.39 is 17.7 Å². The Balaban J connectivity index is 1.93. The molecule has 3 aromatic rings. The van der Waals surface area contributed by atoms with Crippen LogP contribution in [0.25, 0.3) is 11.1 Å². The fourth-order valence-corrected chi connectivity index (χ4v) is 4.89. The van der Waals surface area contributed by atoms with Gasteiger partial charge in [0, 0.05) is 23.4 Å². The molecule has 0 saturated carbocycles. The van der Waals surface area contributed by atoms with Crippen LogP contribution in [0.5, 0.6) is 0 Å². The van der Waals surface area contributed by atoms with Gasteiger partial charge in [0.1, 0.15) is 5.82 Å². The maximum Gasteiger partial charge on any atom is 0.337 e. The number of ether oxygens (including phenoxy) is 1. The monoisotopic (exact) mass is 489 g/mol. The van der Waals surface area contributed by atoms with Crippen molar-refractivity contribution in [2.45, 2.75) is 59.7 Å². The number of carboxylic acids is 1. The minimum atomic E-state index is -1.17. The van der Waals surface area contributed by atoms with E-state index >= 15 is 0 Å². The second kappa shape index (κ2) is 9.51. The molecule has 0 aromatic heterocycles. The smallest absolute Gasteiger partial charge is 0.337 e. The molecule has 4 rings (SSSR count). The number of carbonyl (C=O) groups excluding carboxylic acids is 1. The summed E-state index contributed by atoms with van der Waals surface area (Å²) in [5.41, 5.74) is 6.11. The zero-order valence-corrected chi connectivity index (χ0v) is 21.6. The van der Waals surface area contributed by atoms with Gasteiger partial charge in [0.15, 0.2) is 6.10 Å². The van der Waals surface area contributed by atoms with Gasteiger partial charge in [0.2, 0.25) is 0 Å². The Labute approximate surface area is 211 Å². The van der Waals surface area contributed by atoms with E-state index in [4.69, 9.17) is 4.74 Å². The summed E-state index contributed by atoms with van der Waals surface area (Å²) in [6.07, 6.45) is -0.602. The third kappa shape index (κ3) is 4.91. The molecule has 1 aliphatic rings. The zero-order valence-electron chi connectivity index (χ0n) is 21.6. The van der Waals surface area contributed by atoms with Gasteiger partial charge in [-0.2, -0.15) is 0 Å². The van der Waals surface area contributed by atoms with E-state index in [1.54, 1.807) is 11.8 Å². The average molecular weight is 490 g/mol. The molecule has 1 amide bonds. The summed E-state index contributed by atoms with van der Waals surface area (Å²) in [6.45, 7) is 11.5. The molecule has 188 valence electrons. The van der Waals surface area contributed by atoms with Crippen molar-refractivity contribution in [3.05, 3.63) is 87.7 Å². The quantitative estimate of drug-likeness (QED) is 0.441. The summed E-state index contributed by atoms with van der Waals surface area (Å²) in [4.78, 5) is 27.7. The van der Waals surface area contributed by atoms with Gasteiger partial charge >= 0.3 is 5.97 Å². The molecule has 1 N–H and O–H groups in total. The molecule has 36 heavy (non-hydrogen) atoms. The van der Waals surface area contributed by atoms with E-state index in [9.17, 15) is 19.1 Å². The Kier molecular flexibility index (Phi) is 6.76. The lowest BCUT2D eigenvalue weighted by Crippen LogP contribution is -2.30. The first kappa shape index (κ1) is 25.6. The van der Waals surface area contributed by atoms with Gasteiger partial charge in [-0.1, -0.05) is 29.8 Å². The standard InChI is InChI=1S/C30H32FNO4/c1-17-7-9-20(10-8-17)26-23-13-14-32(28(33)22-12-11-21(31)15-18(22)2)24(23)16-19(3)25(26)27(29(34)35)36-30(4,5)6/h7-12,15-16,27H,13-14H2,1-6H3,(H,34,35). The second-order valence-electron chi connectivity index (χ2n) is 10.5. The average Bonchev–Trinajstić information content (AvgIpc) is 3.19. The molecule has 0 aliphatic carbocycles. The highest BCUT2D eigenvalue weighted by molar-refractivity contribution is 6.09. The topological polar surface area (TPSA) is 66.8 Å². The molecular formula is C30H32FNO4. The minimum Gasteiger partial charge on any atom is -0.479 e. The summed E-state index contributed by atoms with van der Waals surface area (Å²) in [5, 5.41) is 10.2. The zero-order chi connectivity index (χ0) is 26.4. The summed E-state index contributed by atoms with van der Waals surface area (Å²) in [6, 6.07) is 14.0. The molecule has 3 aromatic carbocycles. The molecule has 1 heterocycles. The van der Waals surface area contributed by atoms with Crippen LogP contribution in [0.3, 0.4) is 0 Å². The van der Waals surface area contributed by atoms with E-state index in [2.05, 4.69) is 0 Å². The third-order valence-corrected chi connectivity index (χ3v) is 6.50. The normalized spacial score (nSPS) is 14.0. The van der Waals surface area contributed by atoms with Crippen LogP contribution in [0.4, 0.5) is 10.1 Å². The van der Waals surface area contributed by atoms with E-state index in [1.807, 2.05) is 65.0 Å². The fraction of sp³-hybridized carbons (Fsp3) is 0.333.